The van der Waals surface area contributed by atoms with E-state index in [-0.39, 0.29) is 41.9 Å². The maximum atomic E-state index is 14.4. The van der Waals surface area contributed by atoms with Crippen molar-refractivity contribution in [1.29, 1.82) is 0 Å². The number of aromatic nitrogens is 1. The number of hydrogen-bond donors (Lipinski definition) is 2. The molecule has 1 atom stereocenters. The summed E-state index contributed by atoms with van der Waals surface area (Å²) >= 11 is 3.23. The molecule has 0 saturated carbocycles. The van der Waals surface area contributed by atoms with Gasteiger partial charge < -0.3 is 19.9 Å². The zero-order valence-electron chi connectivity index (χ0n) is 15.2. The highest BCUT2D eigenvalue weighted by Gasteiger charge is 2.38. The lowest BCUT2D eigenvalue weighted by molar-refractivity contribution is 0.0809. The number of pyridine rings is 1. The molecule has 0 radical (unpaired) electrons. The Morgan fingerprint density at radius 1 is 1.45 bits per heavy atom. The molecule has 11 heteroatoms. The Labute approximate surface area is 173 Å². The van der Waals surface area contributed by atoms with E-state index in [2.05, 4.69) is 31.2 Å². The Hall–Kier alpha value is -2.79. The molecule has 0 aliphatic carbocycles. The second-order valence-electron chi connectivity index (χ2n) is 6.13. The second kappa shape index (κ2) is 8.70. The van der Waals surface area contributed by atoms with E-state index in [9.17, 15) is 13.6 Å². The minimum atomic E-state index is -1.62. The maximum absolute atomic E-state index is 14.4. The van der Waals surface area contributed by atoms with Crippen LogP contribution in [0.2, 0.25) is 0 Å². The Balaban J connectivity index is 1.83. The maximum Gasteiger partial charge on any atom is 0.418 e. The van der Waals surface area contributed by atoms with Crippen molar-refractivity contribution < 1.29 is 27.8 Å². The molecule has 29 heavy (non-hydrogen) atoms. The number of halogens is 3. The Morgan fingerprint density at radius 2 is 2.24 bits per heavy atom. The van der Waals surface area contributed by atoms with Crippen molar-refractivity contribution >= 4 is 33.5 Å². The molecule has 0 fully saturated rings. The molecule has 0 spiro atoms. The number of anilines is 1. The van der Waals surface area contributed by atoms with Gasteiger partial charge in [-0.05, 0) is 34.1 Å². The van der Waals surface area contributed by atoms with E-state index >= 15 is 0 Å². The third kappa shape index (κ3) is 4.62. The van der Waals surface area contributed by atoms with Crippen LogP contribution in [-0.2, 0) is 10.3 Å². The molecule has 3 rings (SSSR count). The number of amides is 1. The molecular formula is C18H17BrF2N4O4. The van der Waals surface area contributed by atoms with Crippen LogP contribution in [0.4, 0.5) is 19.3 Å². The van der Waals surface area contributed by atoms with E-state index in [1.165, 1.54) is 25.4 Å². The number of carbonyl (C=O) groups is 1. The molecule has 1 aromatic heterocycles. The van der Waals surface area contributed by atoms with Gasteiger partial charge in [-0.3, -0.25) is 10.3 Å². The van der Waals surface area contributed by atoms with Gasteiger partial charge in [-0.15, -0.1) is 0 Å². The summed E-state index contributed by atoms with van der Waals surface area (Å²) < 4.78 is 44.4. The smallest absolute Gasteiger partial charge is 0.418 e. The van der Waals surface area contributed by atoms with Crippen LogP contribution < -0.4 is 20.5 Å². The SMILES string of the molecule is COc1cc(Br)cnc1OC(=O)Nc1ccc(F)c([C@]2(CF)COCC(N)=N2)c1. The first-order chi connectivity index (χ1) is 13.9. The first kappa shape index (κ1) is 20.9. The predicted molar refractivity (Wildman–Crippen MR) is 105 cm³/mol. The van der Waals surface area contributed by atoms with Gasteiger partial charge in [-0.1, -0.05) is 0 Å². The monoisotopic (exact) mass is 470 g/mol. The van der Waals surface area contributed by atoms with E-state index in [4.69, 9.17) is 19.9 Å². The van der Waals surface area contributed by atoms with E-state index in [0.29, 0.717) is 4.47 Å². The van der Waals surface area contributed by atoms with Crippen LogP contribution in [0.3, 0.4) is 0 Å². The summed E-state index contributed by atoms with van der Waals surface area (Å²) in [7, 11) is 1.40. The fourth-order valence-electron chi connectivity index (χ4n) is 2.76. The molecule has 1 aliphatic heterocycles. The standard InChI is InChI=1S/C18H17BrF2N4O4/c1-27-14-4-10(19)6-23-16(14)29-17(26)24-11-2-3-13(21)12(5-11)18(8-20)9-28-7-15(22)25-18/h2-6H,7-9H2,1H3,(H2,22,25)(H,24,26)/t18-/m0/s1. The fourth-order valence-corrected chi connectivity index (χ4v) is 3.07. The van der Waals surface area contributed by atoms with Crippen molar-refractivity contribution in [3.05, 3.63) is 46.3 Å². The minimum Gasteiger partial charge on any atom is -0.491 e. The molecule has 1 aromatic carbocycles. The molecule has 154 valence electrons. The molecule has 0 saturated heterocycles. The molecular weight excluding hydrogens is 454 g/mol. The van der Waals surface area contributed by atoms with E-state index in [1.807, 2.05) is 0 Å². The Bertz CT molecular complexity index is 959. The lowest BCUT2D eigenvalue weighted by atomic mass is 9.91. The highest BCUT2D eigenvalue weighted by atomic mass is 79.9. The lowest BCUT2D eigenvalue weighted by Gasteiger charge is -2.31. The number of amidine groups is 1. The number of hydrogen-bond acceptors (Lipinski definition) is 7. The highest BCUT2D eigenvalue weighted by molar-refractivity contribution is 9.10. The molecule has 2 heterocycles. The Morgan fingerprint density at radius 3 is 2.93 bits per heavy atom. The van der Waals surface area contributed by atoms with Gasteiger partial charge >= 0.3 is 6.09 Å². The molecule has 8 nitrogen and oxygen atoms in total. The molecule has 1 aliphatic rings. The summed E-state index contributed by atoms with van der Waals surface area (Å²) in [4.78, 5) is 20.2. The van der Waals surface area contributed by atoms with Crippen LogP contribution in [0.1, 0.15) is 5.56 Å². The van der Waals surface area contributed by atoms with Crippen LogP contribution in [-0.4, -0.2) is 43.9 Å². The quantitative estimate of drug-likeness (QED) is 0.694. The van der Waals surface area contributed by atoms with Crippen molar-refractivity contribution in [1.82, 2.24) is 4.98 Å². The van der Waals surface area contributed by atoms with Gasteiger partial charge in [0.2, 0.25) is 0 Å². The fraction of sp³-hybridized carbons (Fsp3) is 0.278. The number of carbonyl (C=O) groups excluding carboxylic acids is 1. The van der Waals surface area contributed by atoms with Crippen LogP contribution in [0, 0.1) is 5.82 Å². The zero-order chi connectivity index (χ0) is 21.0. The average Bonchev–Trinajstić information content (AvgIpc) is 2.70. The van der Waals surface area contributed by atoms with Gasteiger partial charge in [-0.2, -0.15) is 0 Å². The van der Waals surface area contributed by atoms with Gasteiger partial charge in [0, 0.05) is 28.0 Å². The zero-order valence-corrected chi connectivity index (χ0v) is 16.8. The topological polar surface area (TPSA) is 108 Å². The van der Waals surface area contributed by atoms with Gasteiger partial charge in [0.25, 0.3) is 5.88 Å². The first-order valence-corrected chi connectivity index (χ1v) is 9.12. The minimum absolute atomic E-state index is 0.0374. The normalized spacial score (nSPS) is 18.7. The van der Waals surface area contributed by atoms with Crippen LogP contribution in [0.15, 0.2) is 39.9 Å². The van der Waals surface area contributed by atoms with Crippen molar-refractivity contribution in [3.63, 3.8) is 0 Å². The van der Waals surface area contributed by atoms with Crippen LogP contribution >= 0.6 is 15.9 Å². The number of rotatable bonds is 5. The molecule has 2 aromatic rings. The summed E-state index contributed by atoms with van der Waals surface area (Å²) in [6.07, 6.45) is 0.533. The third-order valence-corrected chi connectivity index (χ3v) is 4.51. The van der Waals surface area contributed by atoms with Crippen molar-refractivity contribution in [2.24, 2.45) is 10.7 Å². The van der Waals surface area contributed by atoms with E-state index in [1.54, 1.807) is 6.07 Å². The van der Waals surface area contributed by atoms with E-state index in [0.717, 1.165) is 6.07 Å². The van der Waals surface area contributed by atoms with Crippen molar-refractivity contribution in [2.75, 3.05) is 32.3 Å². The number of methoxy groups -OCH3 is 1. The van der Waals surface area contributed by atoms with Crippen LogP contribution in [0.25, 0.3) is 0 Å². The molecule has 1 amide bonds. The van der Waals surface area contributed by atoms with Crippen molar-refractivity contribution in [2.45, 2.75) is 5.54 Å². The molecule has 0 unspecified atom stereocenters. The van der Waals surface area contributed by atoms with Gasteiger partial charge in [0.15, 0.2) is 5.75 Å². The van der Waals surface area contributed by atoms with Gasteiger partial charge in [0.1, 0.15) is 30.5 Å². The number of benzene rings is 1. The third-order valence-electron chi connectivity index (χ3n) is 4.08. The average molecular weight is 471 g/mol. The van der Waals surface area contributed by atoms with Crippen molar-refractivity contribution in [3.8, 4) is 11.6 Å². The molecule has 0 bridgehead atoms. The first-order valence-electron chi connectivity index (χ1n) is 8.33. The largest absolute Gasteiger partial charge is 0.491 e. The summed E-state index contributed by atoms with van der Waals surface area (Å²) in [5.74, 6) is -0.483. The summed E-state index contributed by atoms with van der Waals surface area (Å²) in [6.45, 7) is -1.18. The van der Waals surface area contributed by atoms with E-state index < -0.39 is 24.1 Å². The summed E-state index contributed by atoms with van der Waals surface area (Å²) in [6, 6.07) is 5.21. The summed E-state index contributed by atoms with van der Waals surface area (Å²) in [5, 5.41) is 2.44. The number of nitrogens with zero attached hydrogens (tertiary/aromatic N) is 2. The van der Waals surface area contributed by atoms with Gasteiger partial charge in [0.05, 0.1) is 13.7 Å². The Kier molecular flexibility index (Phi) is 6.28. The van der Waals surface area contributed by atoms with Gasteiger partial charge in [-0.25, -0.2) is 18.6 Å². The second-order valence-corrected chi connectivity index (χ2v) is 7.05. The number of aliphatic imine (C=N–C) groups is 1. The lowest BCUT2D eigenvalue weighted by Crippen LogP contribution is -2.42. The highest BCUT2D eigenvalue weighted by Crippen LogP contribution is 2.33. The number of nitrogens with two attached hydrogens (primary N) is 1. The summed E-state index contributed by atoms with van der Waals surface area (Å²) in [5.41, 5.74) is 4.08. The predicted octanol–water partition coefficient (Wildman–Crippen LogP) is 3.15. The number of nitrogens with one attached hydrogen (secondary N) is 1. The molecule has 3 N–H and O–H groups in total. The number of ether oxygens (including phenoxy) is 3. The van der Waals surface area contributed by atoms with Crippen LogP contribution in [0.5, 0.6) is 11.6 Å². The number of alkyl halides is 1.